The van der Waals surface area contributed by atoms with Crippen LogP contribution >= 0.6 is 0 Å². The van der Waals surface area contributed by atoms with Crippen molar-refractivity contribution in [3.8, 4) is 17.3 Å². The van der Waals surface area contributed by atoms with Gasteiger partial charge >= 0.3 is 0 Å². The van der Waals surface area contributed by atoms with E-state index in [9.17, 15) is 0 Å². The lowest BCUT2D eigenvalue weighted by molar-refractivity contribution is 0.0597. The largest absolute Gasteiger partial charge is 0.381 e. The number of aromatic nitrogens is 6. The van der Waals surface area contributed by atoms with Crippen LogP contribution in [-0.2, 0) is 10.2 Å². The van der Waals surface area contributed by atoms with Gasteiger partial charge in [0.2, 0.25) is 0 Å². The topological polar surface area (TPSA) is 91.8 Å². The Bertz CT molecular complexity index is 1050. The molecule has 0 N–H and O–H groups in total. The maximum absolute atomic E-state index is 5.59. The van der Waals surface area contributed by atoms with Gasteiger partial charge in [-0.15, -0.1) is 5.10 Å². The molecule has 8 heteroatoms. The SMILES string of the molecule is c1ccc(C2(c3noc(-c4cn(-c5cccnc5)nn4)n3)CCOCC2)cc1. The molecule has 5 rings (SSSR count). The number of pyridine rings is 1. The van der Waals surface area contributed by atoms with Crippen molar-refractivity contribution < 1.29 is 9.26 Å². The number of nitrogens with zero attached hydrogens (tertiary/aromatic N) is 6. The molecule has 1 aliphatic heterocycles. The Hall–Kier alpha value is -3.39. The smallest absolute Gasteiger partial charge is 0.280 e. The lowest BCUT2D eigenvalue weighted by atomic mass is 9.73. The zero-order chi connectivity index (χ0) is 18.8. The van der Waals surface area contributed by atoms with Crippen LogP contribution < -0.4 is 0 Å². The van der Waals surface area contributed by atoms with Crippen molar-refractivity contribution in [3.63, 3.8) is 0 Å². The molecule has 0 unspecified atom stereocenters. The number of hydrogen-bond donors (Lipinski definition) is 0. The average Bonchev–Trinajstić information content (AvgIpc) is 3.46. The molecule has 4 aromatic rings. The van der Waals surface area contributed by atoms with Crippen molar-refractivity contribution in [2.24, 2.45) is 0 Å². The summed E-state index contributed by atoms with van der Waals surface area (Å²) in [6, 6.07) is 14.0. The predicted molar refractivity (Wildman–Crippen MR) is 99.7 cm³/mol. The van der Waals surface area contributed by atoms with E-state index in [2.05, 4.69) is 32.6 Å². The van der Waals surface area contributed by atoms with E-state index in [-0.39, 0.29) is 5.41 Å². The molecule has 0 spiro atoms. The fourth-order valence-electron chi connectivity index (χ4n) is 3.62. The Morgan fingerprint density at radius 3 is 2.64 bits per heavy atom. The minimum Gasteiger partial charge on any atom is -0.381 e. The highest BCUT2D eigenvalue weighted by Gasteiger charge is 2.40. The zero-order valence-electron chi connectivity index (χ0n) is 15.1. The first-order chi connectivity index (χ1) is 13.9. The van der Waals surface area contributed by atoms with Gasteiger partial charge in [-0.3, -0.25) is 4.98 Å². The summed E-state index contributed by atoms with van der Waals surface area (Å²) in [7, 11) is 0. The second kappa shape index (κ2) is 6.97. The van der Waals surface area contributed by atoms with Crippen molar-refractivity contribution in [2.75, 3.05) is 13.2 Å². The van der Waals surface area contributed by atoms with E-state index in [1.165, 1.54) is 5.56 Å². The molecule has 1 saturated heterocycles. The van der Waals surface area contributed by atoms with Gasteiger partial charge in [-0.25, -0.2) is 4.68 Å². The van der Waals surface area contributed by atoms with Crippen molar-refractivity contribution in [1.29, 1.82) is 0 Å². The Morgan fingerprint density at radius 2 is 1.86 bits per heavy atom. The monoisotopic (exact) mass is 374 g/mol. The highest BCUT2D eigenvalue weighted by atomic mass is 16.5. The van der Waals surface area contributed by atoms with Crippen LogP contribution in [0.5, 0.6) is 0 Å². The molecule has 1 aromatic carbocycles. The lowest BCUT2D eigenvalue weighted by Crippen LogP contribution is -2.36. The molecule has 1 aliphatic rings. The van der Waals surface area contributed by atoms with Gasteiger partial charge in [0.05, 0.1) is 23.5 Å². The molecule has 0 amide bonds. The van der Waals surface area contributed by atoms with Crippen LogP contribution in [0, 0.1) is 0 Å². The van der Waals surface area contributed by atoms with Crippen molar-refractivity contribution in [2.45, 2.75) is 18.3 Å². The molecule has 4 heterocycles. The molecular formula is C20H18N6O2. The van der Waals surface area contributed by atoms with Crippen LogP contribution in [-0.4, -0.2) is 43.3 Å². The summed E-state index contributed by atoms with van der Waals surface area (Å²) in [4.78, 5) is 8.79. The van der Waals surface area contributed by atoms with E-state index in [0.717, 1.165) is 18.5 Å². The maximum Gasteiger partial charge on any atom is 0.280 e. The second-order valence-electron chi connectivity index (χ2n) is 6.74. The van der Waals surface area contributed by atoms with Crippen molar-refractivity contribution in [1.82, 2.24) is 30.1 Å². The normalized spacial score (nSPS) is 16.1. The molecule has 140 valence electrons. The fraction of sp³-hybridized carbons (Fsp3) is 0.250. The summed E-state index contributed by atoms with van der Waals surface area (Å²) in [5, 5.41) is 12.6. The Kier molecular flexibility index (Phi) is 4.17. The highest BCUT2D eigenvalue weighted by molar-refractivity contribution is 5.46. The molecule has 0 aliphatic carbocycles. The molecule has 0 atom stereocenters. The minimum absolute atomic E-state index is 0.319. The van der Waals surface area contributed by atoms with Gasteiger partial charge in [0.1, 0.15) is 0 Å². The Morgan fingerprint density at radius 1 is 1.00 bits per heavy atom. The summed E-state index contributed by atoms with van der Waals surface area (Å²) in [5.74, 6) is 1.01. The third kappa shape index (κ3) is 2.87. The molecule has 0 saturated carbocycles. The van der Waals surface area contributed by atoms with Crippen LogP contribution in [0.25, 0.3) is 17.3 Å². The first-order valence-corrected chi connectivity index (χ1v) is 9.16. The summed E-state index contributed by atoms with van der Waals surface area (Å²) >= 11 is 0. The molecule has 8 nitrogen and oxygen atoms in total. The van der Waals surface area contributed by atoms with Crippen molar-refractivity contribution in [3.05, 3.63) is 72.4 Å². The summed E-state index contributed by atoms with van der Waals surface area (Å²) in [6.45, 7) is 1.33. The van der Waals surface area contributed by atoms with Gasteiger partial charge in [-0.1, -0.05) is 40.7 Å². The fourth-order valence-corrected chi connectivity index (χ4v) is 3.62. The quantitative estimate of drug-likeness (QED) is 0.542. The number of rotatable bonds is 4. The summed E-state index contributed by atoms with van der Waals surface area (Å²) < 4.78 is 12.8. The first kappa shape index (κ1) is 16.8. The number of ether oxygens (including phenoxy) is 1. The van der Waals surface area contributed by atoms with Crippen LogP contribution in [0.1, 0.15) is 24.2 Å². The van der Waals surface area contributed by atoms with E-state index >= 15 is 0 Å². The maximum atomic E-state index is 5.59. The van der Waals surface area contributed by atoms with E-state index in [0.29, 0.717) is 30.6 Å². The number of benzene rings is 1. The first-order valence-electron chi connectivity index (χ1n) is 9.16. The third-order valence-electron chi connectivity index (χ3n) is 5.15. The predicted octanol–water partition coefficient (Wildman–Crippen LogP) is 2.81. The van der Waals surface area contributed by atoms with Crippen LogP contribution in [0.4, 0.5) is 0 Å². The lowest BCUT2D eigenvalue weighted by Gasteiger charge is -2.34. The van der Waals surface area contributed by atoms with Crippen LogP contribution in [0.3, 0.4) is 0 Å². The molecular weight excluding hydrogens is 356 g/mol. The van der Waals surface area contributed by atoms with Gasteiger partial charge in [0.25, 0.3) is 5.89 Å². The van der Waals surface area contributed by atoms with Crippen molar-refractivity contribution >= 4 is 0 Å². The van der Waals surface area contributed by atoms with E-state index < -0.39 is 0 Å². The highest BCUT2D eigenvalue weighted by Crippen LogP contribution is 2.40. The van der Waals surface area contributed by atoms with E-state index in [4.69, 9.17) is 14.2 Å². The van der Waals surface area contributed by atoms with Gasteiger partial charge in [-0.2, -0.15) is 4.98 Å². The van der Waals surface area contributed by atoms with Crippen LogP contribution in [0.2, 0.25) is 0 Å². The molecule has 1 fully saturated rings. The Balaban J connectivity index is 1.51. The number of hydrogen-bond acceptors (Lipinski definition) is 7. The Labute approximate surface area is 161 Å². The minimum atomic E-state index is -0.319. The van der Waals surface area contributed by atoms with Gasteiger partial charge < -0.3 is 9.26 Å². The molecule has 0 radical (unpaired) electrons. The standard InChI is InChI=1S/C20H18N6O2/c1-2-5-15(6-3-1)20(8-11-27-12-9-20)19-22-18(28-24-19)17-14-26(25-23-17)16-7-4-10-21-13-16/h1-7,10,13-14H,8-9,11-12H2. The zero-order valence-corrected chi connectivity index (χ0v) is 15.1. The molecule has 3 aromatic heterocycles. The van der Waals surface area contributed by atoms with E-state index in [1.54, 1.807) is 23.3 Å². The average molecular weight is 374 g/mol. The van der Waals surface area contributed by atoms with E-state index in [1.807, 2.05) is 30.3 Å². The third-order valence-corrected chi connectivity index (χ3v) is 5.15. The van der Waals surface area contributed by atoms with Crippen LogP contribution in [0.15, 0.2) is 65.6 Å². The van der Waals surface area contributed by atoms with Gasteiger partial charge in [0, 0.05) is 19.4 Å². The summed E-state index contributed by atoms with van der Waals surface area (Å²) in [6.07, 6.45) is 6.79. The summed E-state index contributed by atoms with van der Waals surface area (Å²) in [5.41, 5.74) is 2.19. The molecule has 0 bridgehead atoms. The van der Waals surface area contributed by atoms with Gasteiger partial charge in [-0.05, 0) is 30.5 Å². The second-order valence-corrected chi connectivity index (χ2v) is 6.74. The van der Waals surface area contributed by atoms with Gasteiger partial charge in [0.15, 0.2) is 11.5 Å². The molecule has 28 heavy (non-hydrogen) atoms.